The predicted octanol–water partition coefficient (Wildman–Crippen LogP) is 0.350. The van der Waals surface area contributed by atoms with Crippen molar-refractivity contribution in [1.29, 1.82) is 0 Å². The Kier molecular flexibility index (Phi) is 4.42. The summed E-state index contributed by atoms with van der Waals surface area (Å²) < 4.78 is 5.27. The first kappa shape index (κ1) is 14.3. The van der Waals surface area contributed by atoms with Crippen LogP contribution in [0.15, 0.2) is 0 Å². The van der Waals surface area contributed by atoms with E-state index in [1.165, 1.54) is 0 Å². The SMILES string of the molecule is NC1(CC(=O)N2CCOCC2CC(=O)O)CCCC1. The van der Waals surface area contributed by atoms with Gasteiger partial charge in [0.15, 0.2) is 0 Å². The molecule has 6 heteroatoms. The molecule has 108 valence electrons. The fourth-order valence-electron chi connectivity index (χ4n) is 3.01. The fourth-order valence-corrected chi connectivity index (χ4v) is 3.01. The Hall–Kier alpha value is -1.14. The lowest BCUT2D eigenvalue weighted by Crippen LogP contribution is -2.52. The van der Waals surface area contributed by atoms with Crippen molar-refractivity contribution >= 4 is 11.9 Å². The molecule has 1 saturated carbocycles. The molecule has 1 saturated heterocycles. The van der Waals surface area contributed by atoms with Gasteiger partial charge in [-0.1, -0.05) is 12.8 Å². The topological polar surface area (TPSA) is 92.9 Å². The van der Waals surface area contributed by atoms with E-state index < -0.39 is 5.97 Å². The largest absolute Gasteiger partial charge is 0.481 e. The van der Waals surface area contributed by atoms with E-state index in [0.29, 0.717) is 26.2 Å². The van der Waals surface area contributed by atoms with Crippen molar-refractivity contribution in [3.05, 3.63) is 0 Å². The second-order valence-corrected chi connectivity index (χ2v) is 5.66. The van der Waals surface area contributed by atoms with E-state index in [2.05, 4.69) is 0 Å². The van der Waals surface area contributed by atoms with Gasteiger partial charge in [-0.25, -0.2) is 0 Å². The summed E-state index contributed by atoms with van der Waals surface area (Å²) in [6.45, 7) is 1.24. The molecular formula is C13H22N2O4. The van der Waals surface area contributed by atoms with Gasteiger partial charge in [0.2, 0.25) is 5.91 Å². The van der Waals surface area contributed by atoms with Crippen molar-refractivity contribution in [2.45, 2.75) is 50.1 Å². The third-order valence-electron chi connectivity index (χ3n) is 4.06. The minimum absolute atomic E-state index is 0.0287. The summed E-state index contributed by atoms with van der Waals surface area (Å²) in [6.07, 6.45) is 4.17. The molecule has 1 heterocycles. The van der Waals surface area contributed by atoms with Gasteiger partial charge in [0.25, 0.3) is 0 Å². The number of carboxylic acids is 1. The number of carboxylic acid groups (broad SMARTS) is 1. The second-order valence-electron chi connectivity index (χ2n) is 5.66. The van der Waals surface area contributed by atoms with Crippen LogP contribution in [0.5, 0.6) is 0 Å². The number of aliphatic carboxylic acids is 1. The first-order chi connectivity index (χ1) is 9.00. The first-order valence-corrected chi connectivity index (χ1v) is 6.88. The number of nitrogens with zero attached hydrogens (tertiary/aromatic N) is 1. The summed E-state index contributed by atoms with van der Waals surface area (Å²) in [7, 11) is 0. The van der Waals surface area contributed by atoms with E-state index in [9.17, 15) is 9.59 Å². The lowest BCUT2D eigenvalue weighted by Gasteiger charge is -2.37. The number of hydrogen-bond donors (Lipinski definition) is 2. The van der Waals surface area contributed by atoms with Crippen LogP contribution >= 0.6 is 0 Å². The van der Waals surface area contributed by atoms with E-state index in [0.717, 1.165) is 25.7 Å². The fraction of sp³-hybridized carbons (Fsp3) is 0.846. The van der Waals surface area contributed by atoms with Gasteiger partial charge >= 0.3 is 5.97 Å². The average molecular weight is 270 g/mol. The number of nitrogens with two attached hydrogens (primary N) is 1. The first-order valence-electron chi connectivity index (χ1n) is 6.88. The van der Waals surface area contributed by atoms with E-state index in [4.69, 9.17) is 15.6 Å². The maximum Gasteiger partial charge on any atom is 0.305 e. The maximum atomic E-state index is 12.3. The van der Waals surface area contributed by atoms with E-state index >= 15 is 0 Å². The van der Waals surface area contributed by atoms with Gasteiger partial charge in [-0.05, 0) is 12.8 Å². The molecule has 0 aromatic rings. The van der Waals surface area contributed by atoms with Gasteiger partial charge in [-0.2, -0.15) is 0 Å². The number of amides is 1. The highest BCUT2D eigenvalue weighted by Gasteiger charge is 2.36. The van der Waals surface area contributed by atoms with Crippen molar-refractivity contribution in [2.75, 3.05) is 19.8 Å². The maximum absolute atomic E-state index is 12.3. The standard InChI is InChI=1S/C13H22N2O4/c14-13(3-1-2-4-13)8-11(16)15-5-6-19-9-10(15)7-12(17)18/h10H,1-9,14H2,(H,17,18). The quantitative estimate of drug-likeness (QED) is 0.769. The minimum Gasteiger partial charge on any atom is -0.481 e. The lowest BCUT2D eigenvalue weighted by molar-refractivity contribution is -0.147. The zero-order valence-electron chi connectivity index (χ0n) is 11.1. The van der Waals surface area contributed by atoms with Gasteiger partial charge in [0.05, 0.1) is 25.7 Å². The van der Waals surface area contributed by atoms with Crippen LogP contribution < -0.4 is 5.73 Å². The molecule has 0 radical (unpaired) electrons. The van der Waals surface area contributed by atoms with E-state index in [1.54, 1.807) is 4.90 Å². The van der Waals surface area contributed by atoms with E-state index in [1.807, 2.05) is 0 Å². The van der Waals surface area contributed by atoms with Crippen LogP contribution in [-0.2, 0) is 14.3 Å². The summed E-state index contributed by atoms with van der Waals surface area (Å²) in [4.78, 5) is 24.8. The number of carbonyl (C=O) groups is 2. The zero-order valence-corrected chi connectivity index (χ0v) is 11.1. The highest BCUT2D eigenvalue weighted by atomic mass is 16.5. The number of rotatable bonds is 4. The van der Waals surface area contributed by atoms with Crippen LogP contribution in [0.3, 0.4) is 0 Å². The van der Waals surface area contributed by atoms with Crippen molar-refractivity contribution in [1.82, 2.24) is 4.90 Å². The molecule has 1 aliphatic heterocycles. The Morgan fingerprint density at radius 3 is 2.68 bits per heavy atom. The normalized spacial score (nSPS) is 26.4. The van der Waals surface area contributed by atoms with Gasteiger partial charge in [-0.15, -0.1) is 0 Å². The van der Waals surface area contributed by atoms with Crippen molar-refractivity contribution in [3.63, 3.8) is 0 Å². The van der Waals surface area contributed by atoms with Gasteiger partial charge in [0, 0.05) is 18.5 Å². The second kappa shape index (κ2) is 5.88. The molecule has 2 fully saturated rings. The number of hydrogen-bond acceptors (Lipinski definition) is 4. The molecule has 2 aliphatic rings. The average Bonchev–Trinajstić information content (AvgIpc) is 2.75. The molecule has 0 aromatic heterocycles. The summed E-state index contributed by atoms with van der Waals surface area (Å²) in [5, 5.41) is 8.88. The van der Waals surface area contributed by atoms with Crippen LogP contribution in [0.2, 0.25) is 0 Å². The summed E-state index contributed by atoms with van der Waals surface area (Å²) in [6, 6.07) is -0.358. The molecule has 1 atom stereocenters. The molecule has 1 amide bonds. The molecule has 0 aromatic carbocycles. The van der Waals surface area contributed by atoms with Crippen LogP contribution in [0.25, 0.3) is 0 Å². The molecule has 19 heavy (non-hydrogen) atoms. The van der Waals surface area contributed by atoms with Crippen LogP contribution in [0.1, 0.15) is 38.5 Å². The molecule has 6 nitrogen and oxygen atoms in total. The molecule has 1 aliphatic carbocycles. The van der Waals surface area contributed by atoms with Crippen molar-refractivity contribution in [3.8, 4) is 0 Å². The minimum atomic E-state index is -0.906. The molecule has 2 rings (SSSR count). The predicted molar refractivity (Wildman–Crippen MR) is 68.6 cm³/mol. The van der Waals surface area contributed by atoms with Gasteiger partial charge < -0.3 is 20.5 Å². The number of morpholine rings is 1. The van der Waals surface area contributed by atoms with E-state index in [-0.39, 0.29) is 23.9 Å². The Morgan fingerprint density at radius 2 is 2.05 bits per heavy atom. The van der Waals surface area contributed by atoms with Crippen molar-refractivity contribution in [2.24, 2.45) is 5.73 Å². The third-order valence-corrected chi connectivity index (χ3v) is 4.06. The molecule has 1 unspecified atom stereocenters. The molecule has 3 N–H and O–H groups in total. The number of ether oxygens (including phenoxy) is 1. The third kappa shape index (κ3) is 3.67. The zero-order chi connectivity index (χ0) is 13.9. The summed E-state index contributed by atoms with van der Waals surface area (Å²) in [5.74, 6) is -0.935. The molecule has 0 bridgehead atoms. The Bertz CT molecular complexity index is 353. The summed E-state index contributed by atoms with van der Waals surface area (Å²) in [5.41, 5.74) is 5.83. The monoisotopic (exact) mass is 270 g/mol. The van der Waals surface area contributed by atoms with Crippen LogP contribution in [0, 0.1) is 0 Å². The Labute approximate surface area is 112 Å². The van der Waals surface area contributed by atoms with Gasteiger partial charge in [0.1, 0.15) is 0 Å². The highest BCUT2D eigenvalue weighted by molar-refractivity contribution is 5.79. The molecular weight excluding hydrogens is 248 g/mol. The smallest absolute Gasteiger partial charge is 0.305 e. The summed E-state index contributed by atoms with van der Waals surface area (Å²) >= 11 is 0. The van der Waals surface area contributed by atoms with Crippen LogP contribution in [0.4, 0.5) is 0 Å². The lowest BCUT2D eigenvalue weighted by atomic mass is 9.93. The molecule has 0 spiro atoms. The Morgan fingerprint density at radius 1 is 1.37 bits per heavy atom. The Balaban J connectivity index is 1.96. The highest BCUT2D eigenvalue weighted by Crippen LogP contribution is 2.31. The van der Waals surface area contributed by atoms with Crippen LogP contribution in [-0.4, -0.2) is 53.2 Å². The van der Waals surface area contributed by atoms with Gasteiger partial charge in [-0.3, -0.25) is 9.59 Å². The number of carbonyl (C=O) groups excluding carboxylic acids is 1. The van der Waals surface area contributed by atoms with Crippen molar-refractivity contribution < 1.29 is 19.4 Å².